The third-order valence-corrected chi connectivity index (χ3v) is 3.78. The topological polar surface area (TPSA) is 26.3 Å². The highest BCUT2D eigenvalue weighted by Crippen LogP contribution is 2.23. The number of esters is 1. The van der Waals surface area contributed by atoms with Crippen molar-refractivity contribution < 1.29 is 18.3 Å². The molecule has 0 aromatic rings. The fraction of sp³-hybridized carbons (Fsp3) is 0.842. The molecule has 0 saturated carbocycles. The average molecular weight is 332 g/mol. The lowest BCUT2D eigenvalue weighted by atomic mass is 10.1. The van der Waals surface area contributed by atoms with Crippen LogP contribution in [0.25, 0.3) is 0 Å². The van der Waals surface area contributed by atoms with Crippen molar-refractivity contribution in [2.24, 2.45) is 0 Å². The molecular formula is C19H34F2O2. The summed E-state index contributed by atoms with van der Waals surface area (Å²) in [6.07, 6.45) is 10.7. The molecule has 0 amide bonds. The minimum atomic E-state index is -2.81. The molecule has 0 heterocycles. The van der Waals surface area contributed by atoms with E-state index in [0.29, 0.717) is 12.8 Å². The van der Waals surface area contributed by atoms with Crippen molar-refractivity contribution in [3.8, 4) is 0 Å². The molecule has 0 radical (unpaired) electrons. The summed E-state index contributed by atoms with van der Waals surface area (Å²) >= 11 is 0. The summed E-state index contributed by atoms with van der Waals surface area (Å²) in [4.78, 5) is 11.6. The van der Waals surface area contributed by atoms with Crippen LogP contribution in [0, 0.1) is 0 Å². The van der Waals surface area contributed by atoms with Gasteiger partial charge in [-0.25, -0.2) is 8.78 Å². The van der Waals surface area contributed by atoms with Gasteiger partial charge in [-0.2, -0.15) is 0 Å². The van der Waals surface area contributed by atoms with E-state index < -0.39 is 12.0 Å². The number of rotatable bonds is 14. The first-order chi connectivity index (χ1) is 10.9. The van der Waals surface area contributed by atoms with E-state index in [1.54, 1.807) is 6.92 Å². The van der Waals surface area contributed by atoms with Crippen LogP contribution >= 0.6 is 0 Å². The van der Waals surface area contributed by atoms with Gasteiger partial charge < -0.3 is 4.74 Å². The Hall–Kier alpha value is -0.930. The van der Waals surface area contributed by atoms with E-state index in [0.717, 1.165) is 38.2 Å². The first-order valence-corrected chi connectivity index (χ1v) is 9.18. The lowest BCUT2D eigenvalue weighted by Crippen LogP contribution is -2.16. The van der Waals surface area contributed by atoms with E-state index in [9.17, 15) is 13.6 Å². The molecule has 23 heavy (non-hydrogen) atoms. The van der Waals surface area contributed by atoms with Crippen LogP contribution in [0.2, 0.25) is 0 Å². The Balaban J connectivity index is 3.87. The maximum absolute atomic E-state index is 13.6. The van der Waals surface area contributed by atoms with Crippen LogP contribution in [0.5, 0.6) is 0 Å². The van der Waals surface area contributed by atoms with Crippen LogP contribution in [0.1, 0.15) is 91.4 Å². The zero-order valence-corrected chi connectivity index (χ0v) is 15.1. The zero-order valence-electron chi connectivity index (χ0n) is 15.1. The summed E-state index contributed by atoms with van der Waals surface area (Å²) in [5, 5.41) is 0. The number of allylic oxidation sites excluding steroid dienone is 1. The average Bonchev–Trinajstić information content (AvgIpc) is 2.49. The van der Waals surface area contributed by atoms with E-state index >= 15 is 0 Å². The quantitative estimate of drug-likeness (QED) is 0.208. The second kappa shape index (κ2) is 13.5. The van der Waals surface area contributed by atoms with Crippen molar-refractivity contribution >= 4 is 5.97 Å². The van der Waals surface area contributed by atoms with Gasteiger partial charge in [0.1, 0.15) is 6.10 Å². The standard InChI is InChI=1S/C19H34F2O2/c1-4-6-8-9-10-11-13-18(22)23-17(3)14-16-19(20,21)15-12-7-5-2/h14,16-17H,4-13,15H2,1-3H3. The monoisotopic (exact) mass is 332 g/mol. The molecule has 0 aromatic heterocycles. The highest BCUT2D eigenvalue weighted by atomic mass is 19.3. The van der Waals surface area contributed by atoms with Gasteiger partial charge >= 0.3 is 5.97 Å². The van der Waals surface area contributed by atoms with Crippen LogP contribution in [0.3, 0.4) is 0 Å². The lowest BCUT2D eigenvalue weighted by Gasteiger charge is -2.13. The van der Waals surface area contributed by atoms with Crippen LogP contribution in [-0.4, -0.2) is 18.0 Å². The number of unbranched alkanes of at least 4 members (excludes halogenated alkanes) is 7. The van der Waals surface area contributed by atoms with Gasteiger partial charge in [0, 0.05) is 12.8 Å². The van der Waals surface area contributed by atoms with E-state index in [1.807, 2.05) is 6.92 Å². The maximum atomic E-state index is 13.6. The Bertz CT molecular complexity index is 327. The van der Waals surface area contributed by atoms with Crippen molar-refractivity contribution in [3.05, 3.63) is 12.2 Å². The van der Waals surface area contributed by atoms with Crippen LogP contribution in [0.4, 0.5) is 8.78 Å². The van der Waals surface area contributed by atoms with Crippen molar-refractivity contribution in [3.63, 3.8) is 0 Å². The van der Waals surface area contributed by atoms with Gasteiger partial charge in [-0.15, -0.1) is 0 Å². The highest BCUT2D eigenvalue weighted by molar-refractivity contribution is 5.69. The third-order valence-electron chi connectivity index (χ3n) is 3.78. The molecule has 1 unspecified atom stereocenters. The Morgan fingerprint density at radius 3 is 2.22 bits per heavy atom. The summed E-state index contributed by atoms with van der Waals surface area (Å²) in [5.41, 5.74) is 0. The first-order valence-electron chi connectivity index (χ1n) is 9.18. The molecule has 0 fully saturated rings. The van der Waals surface area contributed by atoms with Crippen LogP contribution in [-0.2, 0) is 9.53 Å². The third kappa shape index (κ3) is 14.4. The predicted octanol–water partition coefficient (Wildman–Crippen LogP) is 6.44. The van der Waals surface area contributed by atoms with E-state index in [4.69, 9.17) is 4.74 Å². The number of hydrogen-bond acceptors (Lipinski definition) is 2. The van der Waals surface area contributed by atoms with Gasteiger partial charge in [0.2, 0.25) is 0 Å². The van der Waals surface area contributed by atoms with Crippen molar-refractivity contribution in [2.45, 2.75) is 103 Å². The van der Waals surface area contributed by atoms with Crippen molar-refractivity contribution in [1.29, 1.82) is 0 Å². The van der Waals surface area contributed by atoms with Crippen LogP contribution in [0.15, 0.2) is 12.2 Å². The molecule has 0 rings (SSSR count). The number of ether oxygens (including phenoxy) is 1. The molecule has 0 N–H and O–H groups in total. The summed E-state index contributed by atoms with van der Waals surface area (Å²) in [6.45, 7) is 5.77. The summed E-state index contributed by atoms with van der Waals surface area (Å²) in [7, 11) is 0. The lowest BCUT2D eigenvalue weighted by molar-refractivity contribution is -0.146. The molecule has 0 bridgehead atoms. The number of carbonyl (C=O) groups is 1. The molecule has 0 spiro atoms. The second-order valence-corrected chi connectivity index (χ2v) is 6.29. The summed E-state index contributed by atoms with van der Waals surface area (Å²) < 4.78 is 32.3. The van der Waals surface area contributed by atoms with Gasteiger partial charge in [-0.3, -0.25) is 4.79 Å². The molecule has 0 aliphatic heterocycles. The SMILES string of the molecule is CCCCCCCCC(=O)OC(C)C=CC(F)(F)CCCCC. The van der Waals surface area contributed by atoms with E-state index in [1.165, 1.54) is 25.3 Å². The summed E-state index contributed by atoms with van der Waals surface area (Å²) in [5.74, 6) is -3.11. The predicted molar refractivity (Wildman–Crippen MR) is 91.8 cm³/mol. The molecule has 2 nitrogen and oxygen atoms in total. The van der Waals surface area contributed by atoms with Crippen molar-refractivity contribution in [1.82, 2.24) is 0 Å². The number of alkyl halides is 2. The Labute approximate surface area is 140 Å². The molecule has 0 aliphatic carbocycles. The Kier molecular flexibility index (Phi) is 13.0. The number of hydrogen-bond donors (Lipinski definition) is 0. The first kappa shape index (κ1) is 22.1. The molecule has 4 heteroatoms. The van der Waals surface area contributed by atoms with Gasteiger partial charge in [0.05, 0.1) is 0 Å². The molecule has 0 saturated heterocycles. The Morgan fingerprint density at radius 2 is 1.57 bits per heavy atom. The molecule has 136 valence electrons. The second-order valence-electron chi connectivity index (χ2n) is 6.29. The van der Waals surface area contributed by atoms with Crippen molar-refractivity contribution in [2.75, 3.05) is 0 Å². The fourth-order valence-corrected chi connectivity index (χ4v) is 2.33. The fourth-order valence-electron chi connectivity index (χ4n) is 2.33. The minimum Gasteiger partial charge on any atom is -0.458 e. The number of carbonyl (C=O) groups excluding carboxylic acids is 1. The van der Waals surface area contributed by atoms with E-state index in [-0.39, 0.29) is 12.4 Å². The van der Waals surface area contributed by atoms with Gasteiger partial charge in [-0.1, -0.05) is 58.8 Å². The van der Waals surface area contributed by atoms with Crippen LogP contribution < -0.4 is 0 Å². The molecule has 0 aromatic carbocycles. The normalized spacial score (nSPS) is 13.4. The number of halogens is 2. The van der Waals surface area contributed by atoms with Gasteiger partial charge in [0.25, 0.3) is 5.92 Å². The Morgan fingerprint density at radius 1 is 1.00 bits per heavy atom. The smallest absolute Gasteiger partial charge is 0.306 e. The molecule has 0 aliphatic rings. The maximum Gasteiger partial charge on any atom is 0.306 e. The van der Waals surface area contributed by atoms with Gasteiger partial charge in [0.15, 0.2) is 0 Å². The van der Waals surface area contributed by atoms with Gasteiger partial charge in [-0.05, 0) is 31.9 Å². The largest absolute Gasteiger partial charge is 0.458 e. The van der Waals surface area contributed by atoms with E-state index in [2.05, 4.69) is 6.92 Å². The molecule has 1 atom stereocenters. The minimum absolute atomic E-state index is 0.143. The summed E-state index contributed by atoms with van der Waals surface area (Å²) in [6, 6.07) is 0. The highest BCUT2D eigenvalue weighted by Gasteiger charge is 2.24. The zero-order chi connectivity index (χ0) is 17.6. The molecular weight excluding hydrogens is 298 g/mol.